The van der Waals surface area contributed by atoms with E-state index in [0.717, 1.165) is 31.6 Å². The molecule has 18 heavy (non-hydrogen) atoms. The normalized spacial score (nSPS) is 17.8. The van der Waals surface area contributed by atoms with Gasteiger partial charge in [-0.25, -0.2) is 5.14 Å². The SMILES string of the molecule is NC1CCN(c2ccc(NS(N)(=O)=O)cc2)CC1. The molecule has 0 bridgehead atoms. The number of benzene rings is 1. The van der Waals surface area contributed by atoms with Crippen molar-refractivity contribution >= 4 is 21.6 Å². The first-order chi connectivity index (χ1) is 8.44. The summed E-state index contributed by atoms with van der Waals surface area (Å²) in [6.07, 6.45) is 1.97. The maximum absolute atomic E-state index is 10.9. The fourth-order valence-corrected chi connectivity index (χ4v) is 2.53. The molecule has 1 aromatic carbocycles. The molecule has 1 saturated heterocycles. The van der Waals surface area contributed by atoms with Gasteiger partial charge >= 0.3 is 0 Å². The second-order valence-corrected chi connectivity index (χ2v) is 5.81. The minimum atomic E-state index is -3.70. The van der Waals surface area contributed by atoms with Crippen molar-refractivity contribution in [3.63, 3.8) is 0 Å². The van der Waals surface area contributed by atoms with E-state index in [1.807, 2.05) is 12.1 Å². The summed E-state index contributed by atoms with van der Waals surface area (Å²) in [5.74, 6) is 0. The molecule has 0 unspecified atom stereocenters. The molecule has 0 saturated carbocycles. The Morgan fingerprint density at radius 2 is 1.72 bits per heavy atom. The molecule has 0 aliphatic carbocycles. The van der Waals surface area contributed by atoms with Gasteiger partial charge in [0.05, 0.1) is 0 Å². The second kappa shape index (κ2) is 5.13. The fraction of sp³-hybridized carbons (Fsp3) is 0.455. The number of nitrogens with one attached hydrogen (secondary N) is 1. The van der Waals surface area contributed by atoms with Crippen LogP contribution < -0.4 is 20.5 Å². The Balaban J connectivity index is 2.03. The van der Waals surface area contributed by atoms with E-state index >= 15 is 0 Å². The zero-order valence-electron chi connectivity index (χ0n) is 10.0. The highest BCUT2D eigenvalue weighted by Gasteiger charge is 2.16. The first kappa shape index (κ1) is 13.1. The van der Waals surface area contributed by atoms with Gasteiger partial charge in [-0.15, -0.1) is 0 Å². The molecule has 0 aromatic heterocycles. The van der Waals surface area contributed by atoms with Crippen molar-refractivity contribution in [2.45, 2.75) is 18.9 Å². The quantitative estimate of drug-likeness (QED) is 0.731. The lowest BCUT2D eigenvalue weighted by molar-refractivity contribution is 0.501. The molecular formula is C11H18N4O2S. The monoisotopic (exact) mass is 270 g/mol. The molecule has 1 fully saturated rings. The Morgan fingerprint density at radius 1 is 1.17 bits per heavy atom. The molecule has 1 heterocycles. The molecule has 100 valence electrons. The largest absolute Gasteiger partial charge is 0.371 e. The van der Waals surface area contributed by atoms with Crippen LogP contribution in [0.1, 0.15) is 12.8 Å². The number of hydrogen-bond acceptors (Lipinski definition) is 4. The highest BCUT2D eigenvalue weighted by atomic mass is 32.2. The average molecular weight is 270 g/mol. The van der Waals surface area contributed by atoms with E-state index in [0.29, 0.717) is 11.7 Å². The number of piperidine rings is 1. The lowest BCUT2D eigenvalue weighted by Gasteiger charge is -2.32. The van der Waals surface area contributed by atoms with E-state index in [1.165, 1.54) is 0 Å². The molecule has 1 aliphatic heterocycles. The highest BCUT2D eigenvalue weighted by Crippen LogP contribution is 2.21. The van der Waals surface area contributed by atoms with Gasteiger partial charge in [0.25, 0.3) is 10.2 Å². The number of nitrogens with zero attached hydrogens (tertiary/aromatic N) is 1. The molecule has 5 N–H and O–H groups in total. The van der Waals surface area contributed by atoms with Gasteiger partial charge in [0, 0.05) is 30.5 Å². The molecule has 6 nitrogen and oxygen atoms in total. The highest BCUT2D eigenvalue weighted by molar-refractivity contribution is 7.90. The van der Waals surface area contributed by atoms with Crippen molar-refractivity contribution in [2.75, 3.05) is 22.7 Å². The van der Waals surface area contributed by atoms with Crippen LogP contribution in [0.4, 0.5) is 11.4 Å². The number of nitrogens with two attached hydrogens (primary N) is 2. The van der Waals surface area contributed by atoms with Gasteiger partial charge in [-0.2, -0.15) is 8.42 Å². The predicted octanol–water partition coefficient (Wildman–Crippen LogP) is 0.230. The predicted molar refractivity (Wildman–Crippen MR) is 72.6 cm³/mol. The van der Waals surface area contributed by atoms with Crippen LogP contribution in [0, 0.1) is 0 Å². The first-order valence-electron chi connectivity index (χ1n) is 5.85. The van der Waals surface area contributed by atoms with E-state index in [2.05, 4.69) is 9.62 Å². The Labute approximate surface area is 107 Å². The Morgan fingerprint density at radius 3 is 2.22 bits per heavy atom. The number of rotatable bonds is 3. The van der Waals surface area contributed by atoms with Gasteiger partial charge in [0.15, 0.2) is 0 Å². The number of hydrogen-bond donors (Lipinski definition) is 3. The maximum Gasteiger partial charge on any atom is 0.296 e. The molecule has 2 rings (SSSR count). The van der Waals surface area contributed by atoms with E-state index in [4.69, 9.17) is 10.9 Å². The third-order valence-electron chi connectivity index (χ3n) is 3.03. The fourth-order valence-electron chi connectivity index (χ4n) is 2.06. The molecule has 0 radical (unpaired) electrons. The zero-order chi connectivity index (χ0) is 13.2. The summed E-state index contributed by atoms with van der Waals surface area (Å²) in [6, 6.07) is 7.46. The Bertz CT molecular complexity index is 492. The number of anilines is 2. The summed E-state index contributed by atoms with van der Waals surface area (Å²) in [5, 5.41) is 4.90. The Hall–Kier alpha value is -1.31. The molecule has 1 aliphatic rings. The van der Waals surface area contributed by atoms with E-state index < -0.39 is 10.2 Å². The van der Waals surface area contributed by atoms with Gasteiger partial charge in [0.1, 0.15) is 0 Å². The van der Waals surface area contributed by atoms with E-state index in [1.54, 1.807) is 12.1 Å². The summed E-state index contributed by atoms with van der Waals surface area (Å²) < 4.78 is 24.0. The molecule has 7 heteroatoms. The standard InChI is InChI=1S/C11H18N4O2S/c12-9-5-7-15(8-6-9)11-3-1-10(2-4-11)14-18(13,16)17/h1-4,9,14H,5-8,12H2,(H2,13,16,17). The van der Waals surface area contributed by atoms with Gasteiger partial charge in [0.2, 0.25) is 0 Å². The van der Waals surface area contributed by atoms with Crippen LogP contribution in [0.2, 0.25) is 0 Å². The lowest BCUT2D eigenvalue weighted by Crippen LogP contribution is -2.39. The lowest BCUT2D eigenvalue weighted by atomic mass is 10.1. The third kappa shape index (κ3) is 3.59. The van der Waals surface area contributed by atoms with Crippen LogP contribution >= 0.6 is 0 Å². The van der Waals surface area contributed by atoms with Crippen LogP contribution in [0.25, 0.3) is 0 Å². The summed E-state index contributed by atoms with van der Waals surface area (Å²) in [6.45, 7) is 1.87. The summed E-state index contributed by atoms with van der Waals surface area (Å²) in [7, 11) is -3.70. The third-order valence-corrected chi connectivity index (χ3v) is 3.55. The van der Waals surface area contributed by atoms with Crippen LogP contribution in [0.3, 0.4) is 0 Å². The summed E-state index contributed by atoms with van der Waals surface area (Å²) >= 11 is 0. The molecular weight excluding hydrogens is 252 g/mol. The molecule has 0 amide bonds. The van der Waals surface area contributed by atoms with Crippen LogP contribution in [0.15, 0.2) is 24.3 Å². The van der Waals surface area contributed by atoms with Crippen molar-refractivity contribution < 1.29 is 8.42 Å². The van der Waals surface area contributed by atoms with Gasteiger partial charge in [-0.3, -0.25) is 4.72 Å². The molecule has 0 spiro atoms. The second-order valence-electron chi connectivity index (χ2n) is 4.52. The van der Waals surface area contributed by atoms with E-state index in [-0.39, 0.29) is 0 Å². The summed E-state index contributed by atoms with van der Waals surface area (Å²) in [4.78, 5) is 2.24. The summed E-state index contributed by atoms with van der Waals surface area (Å²) in [5.41, 5.74) is 7.39. The van der Waals surface area contributed by atoms with Crippen LogP contribution in [-0.2, 0) is 10.2 Å². The molecule has 0 atom stereocenters. The van der Waals surface area contributed by atoms with Crippen molar-refractivity contribution in [1.82, 2.24) is 0 Å². The van der Waals surface area contributed by atoms with Crippen LogP contribution in [0.5, 0.6) is 0 Å². The zero-order valence-corrected chi connectivity index (χ0v) is 10.9. The smallest absolute Gasteiger partial charge is 0.296 e. The van der Waals surface area contributed by atoms with E-state index in [9.17, 15) is 8.42 Å². The minimum Gasteiger partial charge on any atom is -0.371 e. The average Bonchev–Trinajstić information content (AvgIpc) is 2.29. The minimum absolute atomic E-state index is 0.296. The van der Waals surface area contributed by atoms with Crippen molar-refractivity contribution in [2.24, 2.45) is 10.9 Å². The van der Waals surface area contributed by atoms with Gasteiger partial charge in [-0.1, -0.05) is 0 Å². The Kier molecular flexibility index (Phi) is 3.74. The van der Waals surface area contributed by atoms with Crippen LogP contribution in [-0.4, -0.2) is 27.5 Å². The topological polar surface area (TPSA) is 101 Å². The first-order valence-corrected chi connectivity index (χ1v) is 7.40. The van der Waals surface area contributed by atoms with Gasteiger partial charge < -0.3 is 10.6 Å². The van der Waals surface area contributed by atoms with Crippen molar-refractivity contribution in [1.29, 1.82) is 0 Å². The van der Waals surface area contributed by atoms with Crippen molar-refractivity contribution in [3.05, 3.63) is 24.3 Å². The van der Waals surface area contributed by atoms with Gasteiger partial charge in [-0.05, 0) is 37.1 Å². The molecule has 1 aromatic rings. The maximum atomic E-state index is 10.9. The van der Waals surface area contributed by atoms with Crippen molar-refractivity contribution in [3.8, 4) is 0 Å².